The fourth-order valence-electron chi connectivity index (χ4n) is 3.79. The number of hydrogen-bond donors (Lipinski definition) is 1. The van der Waals surface area contributed by atoms with E-state index < -0.39 is 10.0 Å². The number of hydrogen-bond acceptors (Lipinski definition) is 5. The number of sulfonamides is 1. The van der Waals surface area contributed by atoms with Gasteiger partial charge in [0, 0.05) is 24.7 Å². The summed E-state index contributed by atoms with van der Waals surface area (Å²) in [5.41, 5.74) is 0.341. The van der Waals surface area contributed by atoms with E-state index in [2.05, 4.69) is 5.32 Å². The van der Waals surface area contributed by atoms with Crippen LogP contribution in [0.15, 0.2) is 18.2 Å². The Morgan fingerprint density at radius 3 is 2.43 bits per heavy atom. The SMILES string of the molecule is COc1ccc(C(=O)NCCS(=O)(=O)N(C(C)C)C2CCCCC2)c(OC)c1. The second-order valence-electron chi connectivity index (χ2n) is 7.35. The van der Waals surface area contributed by atoms with Crippen LogP contribution < -0.4 is 14.8 Å². The maximum absolute atomic E-state index is 12.9. The number of carbonyl (C=O) groups is 1. The van der Waals surface area contributed by atoms with Crippen molar-refractivity contribution < 1.29 is 22.7 Å². The van der Waals surface area contributed by atoms with Gasteiger partial charge in [0.2, 0.25) is 10.0 Å². The second-order valence-corrected chi connectivity index (χ2v) is 9.35. The average molecular weight is 413 g/mol. The van der Waals surface area contributed by atoms with Crippen LogP contribution in [0.1, 0.15) is 56.3 Å². The third-order valence-electron chi connectivity index (χ3n) is 5.06. The van der Waals surface area contributed by atoms with Gasteiger partial charge in [0.25, 0.3) is 5.91 Å². The molecule has 0 heterocycles. The molecule has 1 aliphatic carbocycles. The van der Waals surface area contributed by atoms with Crippen molar-refractivity contribution in [2.75, 3.05) is 26.5 Å². The number of nitrogens with zero attached hydrogens (tertiary/aromatic N) is 1. The molecule has 158 valence electrons. The first-order valence-corrected chi connectivity index (χ1v) is 11.4. The van der Waals surface area contributed by atoms with E-state index in [-0.39, 0.29) is 30.3 Å². The zero-order chi connectivity index (χ0) is 20.7. The molecule has 1 aromatic rings. The van der Waals surface area contributed by atoms with Gasteiger partial charge < -0.3 is 14.8 Å². The standard InChI is InChI=1S/C20H32N2O5S/c1-15(2)22(16-8-6-5-7-9-16)28(24,25)13-12-21-20(23)18-11-10-17(26-3)14-19(18)27-4/h10-11,14-16H,5-9,12-13H2,1-4H3,(H,21,23). The highest BCUT2D eigenvalue weighted by atomic mass is 32.2. The summed E-state index contributed by atoms with van der Waals surface area (Å²) in [7, 11) is -0.451. The number of amides is 1. The molecule has 0 aromatic heterocycles. The lowest BCUT2D eigenvalue weighted by atomic mass is 9.95. The maximum atomic E-state index is 12.9. The topological polar surface area (TPSA) is 84.9 Å². The molecule has 1 saturated carbocycles. The molecule has 0 unspecified atom stereocenters. The van der Waals surface area contributed by atoms with E-state index in [0.717, 1.165) is 25.7 Å². The highest BCUT2D eigenvalue weighted by Crippen LogP contribution is 2.27. The highest BCUT2D eigenvalue weighted by Gasteiger charge is 2.32. The third-order valence-corrected chi connectivity index (χ3v) is 7.15. The summed E-state index contributed by atoms with van der Waals surface area (Å²) >= 11 is 0. The van der Waals surface area contributed by atoms with Crippen LogP contribution >= 0.6 is 0 Å². The van der Waals surface area contributed by atoms with E-state index in [1.807, 2.05) is 13.8 Å². The van der Waals surface area contributed by atoms with Gasteiger partial charge in [-0.05, 0) is 38.8 Å². The number of nitrogens with one attached hydrogen (secondary N) is 1. The van der Waals surface area contributed by atoms with Crippen LogP contribution in [0.5, 0.6) is 11.5 Å². The molecule has 0 saturated heterocycles. The summed E-state index contributed by atoms with van der Waals surface area (Å²) in [6, 6.07) is 4.86. The van der Waals surface area contributed by atoms with Crippen LogP contribution in [-0.4, -0.2) is 57.2 Å². The van der Waals surface area contributed by atoms with Gasteiger partial charge in [-0.25, -0.2) is 8.42 Å². The molecule has 7 nitrogen and oxygen atoms in total. The first-order chi connectivity index (χ1) is 13.3. The van der Waals surface area contributed by atoms with Crippen LogP contribution in [0, 0.1) is 0 Å². The largest absolute Gasteiger partial charge is 0.497 e. The fourth-order valence-corrected chi connectivity index (χ4v) is 5.66. The first kappa shape index (κ1) is 22.5. The zero-order valence-electron chi connectivity index (χ0n) is 17.2. The molecule has 0 bridgehead atoms. The molecule has 1 N–H and O–H groups in total. The van der Waals surface area contributed by atoms with Crippen molar-refractivity contribution in [1.29, 1.82) is 0 Å². The molecule has 2 rings (SSSR count). The van der Waals surface area contributed by atoms with Crippen molar-refractivity contribution in [2.45, 2.75) is 58.0 Å². The van der Waals surface area contributed by atoms with E-state index in [9.17, 15) is 13.2 Å². The minimum atomic E-state index is -3.46. The van der Waals surface area contributed by atoms with E-state index in [1.54, 1.807) is 22.5 Å². The lowest BCUT2D eigenvalue weighted by Gasteiger charge is -2.36. The lowest BCUT2D eigenvalue weighted by molar-refractivity contribution is 0.0953. The third kappa shape index (κ3) is 5.61. The lowest BCUT2D eigenvalue weighted by Crippen LogP contribution is -2.48. The van der Waals surface area contributed by atoms with Crippen molar-refractivity contribution in [2.24, 2.45) is 0 Å². The minimum Gasteiger partial charge on any atom is -0.497 e. The predicted octanol–water partition coefficient (Wildman–Crippen LogP) is 2.81. The summed E-state index contributed by atoms with van der Waals surface area (Å²) in [6.07, 6.45) is 5.12. The van der Waals surface area contributed by atoms with Gasteiger partial charge >= 0.3 is 0 Å². The number of benzene rings is 1. The number of carbonyl (C=O) groups excluding carboxylic acids is 1. The molecular formula is C20H32N2O5S. The molecule has 28 heavy (non-hydrogen) atoms. The molecule has 1 fully saturated rings. The van der Waals surface area contributed by atoms with E-state index >= 15 is 0 Å². The molecule has 0 aliphatic heterocycles. The molecular weight excluding hydrogens is 380 g/mol. The van der Waals surface area contributed by atoms with Crippen molar-refractivity contribution in [1.82, 2.24) is 9.62 Å². The molecule has 1 aliphatic rings. The van der Waals surface area contributed by atoms with E-state index in [4.69, 9.17) is 9.47 Å². The van der Waals surface area contributed by atoms with Gasteiger partial charge in [-0.15, -0.1) is 0 Å². The Kier molecular flexibility index (Phi) is 8.12. The van der Waals surface area contributed by atoms with E-state index in [1.165, 1.54) is 20.6 Å². The molecule has 1 aromatic carbocycles. The average Bonchev–Trinajstić information content (AvgIpc) is 2.67. The molecule has 0 radical (unpaired) electrons. The Bertz CT molecular complexity index is 758. The Morgan fingerprint density at radius 1 is 1.18 bits per heavy atom. The number of methoxy groups -OCH3 is 2. The summed E-state index contributed by atoms with van der Waals surface area (Å²) in [5, 5.41) is 2.70. The summed E-state index contributed by atoms with van der Waals surface area (Å²) in [4.78, 5) is 12.5. The van der Waals surface area contributed by atoms with Gasteiger partial charge in [-0.2, -0.15) is 4.31 Å². The van der Waals surface area contributed by atoms with Crippen LogP contribution in [-0.2, 0) is 10.0 Å². The van der Waals surface area contributed by atoms with Crippen molar-refractivity contribution in [3.8, 4) is 11.5 Å². The van der Waals surface area contributed by atoms with Crippen molar-refractivity contribution >= 4 is 15.9 Å². The van der Waals surface area contributed by atoms with Gasteiger partial charge in [0.05, 0.1) is 25.5 Å². The molecule has 0 spiro atoms. The Hall–Kier alpha value is -1.80. The Labute approximate surface area is 168 Å². The molecule has 0 atom stereocenters. The summed E-state index contributed by atoms with van der Waals surface area (Å²) < 4.78 is 37.9. The summed E-state index contributed by atoms with van der Waals surface area (Å²) in [6.45, 7) is 3.87. The van der Waals surface area contributed by atoms with Gasteiger partial charge in [0.1, 0.15) is 11.5 Å². The van der Waals surface area contributed by atoms with Gasteiger partial charge in [-0.3, -0.25) is 4.79 Å². The quantitative estimate of drug-likeness (QED) is 0.674. The molecule has 8 heteroatoms. The second kappa shape index (κ2) is 10.1. The predicted molar refractivity (Wildman–Crippen MR) is 110 cm³/mol. The van der Waals surface area contributed by atoms with Crippen LogP contribution in [0.2, 0.25) is 0 Å². The van der Waals surface area contributed by atoms with E-state index in [0.29, 0.717) is 17.1 Å². The van der Waals surface area contributed by atoms with Gasteiger partial charge in [-0.1, -0.05) is 19.3 Å². The fraction of sp³-hybridized carbons (Fsp3) is 0.650. The number of ether oxygens (including phenoxy) is 2. The first-order valence-electron chi connectivity index (χ1n) is 9.81. The van der Waals surface area contributed by atoms with Crippen LogP contribution in [0.4, 0.5) is 0 Å². The summed E-state index contributed by atoms with van der Waals surface area (Å²) in [5.74, 6) is 0.469. The monoisotopic (exact) mass is 412 g/mol. The van der Waals surface area contributed by atoms with Crippen molar-refractivity contribution in [3.63, 3.8) is 0 Å². The number of rotatable bonds is 9. The van der Waals surface area contributed by atoms with Crippen molar-refractivity contribution in [3.05, 3.63) is 23.8 Å². The minimum absolute atomic E-state index is 0.0479. The van der Waals surface area contributed by atoms with Gasteiger partial charge in [0.15, 0.2) is 0 Å². The normalized spacial score (nSPS) is 15.6. The van der Waals surface area contributed by atoms with Crippen LogP contribution in [0.25, 0.3) is 0 Å². The maximum Gasteiger partial charge on any atom is 0.255 e. The highest BCUT2D eigenvalue weighted by molar-refractivity contribution is 7.89. The zero-order valence-corrected chi connectivity index (χ0v) is 18.0. The smallest absolute Gasteiger partial charge is 0.255 e. The van der Waals surface area contributed by atoms with Crippen LogP contribution in [0.3, 0.4) is 0 Å². The Morgan fingerprint density at radius 2 is 1.86 bits per heavy atom. The Balaban J connectivity index is 2.01. The molecule has 1 amide bonds.